The van der Waals surface area contributed by atoms with Gasteiger partial charge in [0.2, 0.25) is 6.20 Å². The molecular formula is C13H20BrN2OSi+. The normalized spacial score (nSPS) is 12.2. The second kappa shape index (κ2) is 5.55. The van der Waals surface area contributed by atoms with E-state index in [2.05, 4.69) is 52.9 Å². The minimum atomic E-state index is -0.988. The van der Waals surface area contributed by atoms with Gasteiger partial charge >= 0.3 is 0 Å². The van der Waals surface area contributed by atoms with Crippen LogP contribution >= 0.6 is 15.9 Å². The summed E-state index contributed by atoms with van der Waals surface area (Å²) in [5.41, 5.74) is 1.12. The van der Waals surface area contributed by atoms with Crippen LogP contribution < -0.4 is 4.68 Å². The average Bonchev–Trinajstić information content (AvgIpc) is 2.68. The maximum absolute atomic E-state index is 5.72. The van der Waals surface area contributed by atoms with Gasteiger partial charge in [0.05, 0.1) is 12.0 Å². The van der Waals surface area contributed by atoms with Gasteiger partial charge in [-0.2, -0.15) is 5.10 Å². The molecule has 0 aliphatic rings. The monoisotopic (exact) mass is 327 g/mol. The van der Waals surface area contributed by atoms with E-state index in [-0.39, 0.29) is 0 Å². The van der Waals surface area contributed by atoms with Gasteiger partial charge in [-0.1, -0.05) is 30.4 Å². The van der Waals surface area contributed by atoms with Crippen molar-refractivity contribution in [2.24, 2.45) is 0 Å². The molecule has 2 aromatic rings. The summed E-state index contributed by atoms with van der Waals surface area (Å²) in [5.74, 6) is 0. The predicted molar refractivity (Wildman–Crippen MR) is 80.3 cm³/mol. The highest BCUT2D eigenvalue weighted by molar-refractivity contribution is 9.10. The Morgan fingerprint density at radius 3 is 2.78 bits per heavy atom. The minimum absolute atomic E-state index is 0.589. The Bertz CT molecular complexity index is 533. The molecule has 1 N–H and O–H groups in total. The molecule has 0 bridgehead atoms. The largest absolute Gasteiger partial charge is 0.322 e. The molecule has 18 heavy (non-hydrogen) atoms. The molecule has 0 fully saturated rings. The van der Waals surface area contributed by atoms with Crippen LogP contribution in [-0.4, -0.2) is 19.8 Å². The first kappa shape index (κ1) is 13.8. The fraction of sp³-hybridized carbons (Fsp3) is 0.462. The molecule has 0 radical (unpaired) electrons. The van der Waals surface area contributed by atoms with Crippen LogP contribution in [0.1, 0.15) is 0 Å². The molecule has 3 nitrogen and oxygen atoms in total. The summed E-state index contributed by atoms with van der Waals surface area (Å²) in [6.07, 6.45) is 2.08. The van der Waals surface area contributed by atoms with Crippen LogP contribution in [0.5, 0.6) is 0 Å². The third kappa shape index (κ3) is 3.67. The van der Waals surface area contributed by atoms with Crippen molar-refractivity contribution in [3.63, 3.8) is 0 Å². The highest BCUT2D eigenvalue weighted by Gasteiger charge is 2.14. The van der Waals surface area contributed by atoms with Crippen LogP contribution in [0, 0.1) is 0 Å². The summed E-state index contributed by atoms with van der Waals surface area (Å²) >= 11 is 3.54. The van der Waals surface area contributed by atoms with Gasteiger partial charge in [0.15, 0.2) is 0 Å². The number of H-pyrrole nitrogens is 1. The van der Waals surface area contributed by atoms with Crippen molar-refractivity contribution in [2.75, 3.05) is 6.61 Å². The van der Waals surface area contributed by atoms with Crippen LogP contribution in [-0.2, 0) is 11.5 Å². The van der Waals surface area contributed by atoms with Crippen molar-refractivity contribution >= 4 is 34.9 Å². The van der Waals surface area contributed by atoms with E-state index in [1.165, 1.54) is 11.4 Å². The molecule has 2 rings (SSSR count). The molecule has 0 amide bonds. The SMILES string of the molecule is C[Si](C)(C)CCOC[n+]1cc2cccc(Br)c2[nH]1. The first-order valence-corrected chi connectivity index (χ1v) is 10.7. The Hall–Kier alpha value is -0.653. The van der Waals surface area contributed by atoms with E-state index >= 15 is 0 Å². The van der Waals surface area contributed by atoms with Crippen molar-refractivity contribution in [1.82, 2.24) is 5.10 Å². The molecule has 5 heteroatoms. The third-order valence-electron chi connectivity index (χ3n) is 2.82. The predicted octanol–water partition coefficient (Wildman–Crippen LogP) is 3.53. The minimum Gasteiger partial charge on any atom is -0.322 e. The van der Waals surface area contributed by atoms with E-state index in [1.54, 1.807) is 0 Å². The molecule has 1 aromatic carbocycles. The lowest BCUT2D eigenvalue weighted by molar-refractivity contribution is -0.779. The van der Waals surface area contributed by atoms with Gasteiger partial charge in [-0.25, -0.2) is 0 Å². The summed E-state index contributed by atoms with van der Waals surface area (Å²) in [4.78, 5) is 0. The lowest BCUT2D eigenvalue weighted by Crippen LogP contribution is -2.36. The van der Waals surface area contributed by atoms with Gasteiger partial charge in [-0.15, -0.1) is 0 Å². The average molecular weight is 328 g/mol. The zero-order valence-electron chi connectivity index (χ0n) is 11.2. The first-order chi connectivity index (χ1) is 8.46. The van der Waals surface area contributed by atoms with Crippen LogP contribution in [0.4, 0.5) is 0 Å². The fourth-order valence-electron chi connectivity index (χ4n) is 1.72. The molecule has 0 aliphatic carbocycles. The molecule has 0 spiro atoms. The topological polar surface area (TPSA) is 28.9 Å². The zero-order chi connectivity index (χ0) is 13.2. The van der Waals surface area contributed by atoms with Crippen LogP contribution in [0.15, 0.2) is 28.9 Å². The van der Waals surface area contributed by atoms with Crippen molar-refractivity contribution in [3.8, 4) is 0 Å². The Balaban J connectivity index is 1.94. The number of benzene rings is 1. The number of hydrogen-bond donors (Lipinski definition) is 1. The summed E-state index contributed by atoms with van der Waals surface area (Å²) < 4.78 is 8.79. The number of aromatic nitrogens is 2. The number of para-hydroxylation sites is 1. The smallest absolute Gasteiger partial charge is 0.276 e. The lowest BCUT2D eigenvalue weighted by Gasteiger charge is -2.13. The number of ether oxygens (including phenoxy) is 1. The molecule has 0 atom stereocenters. The van der Waals surface area contributed by atoms with E-state index in [9.17, 15) is 0 Å². The Labute approximate surface area is 117 Å². The van der Waals surface area contributed by atoms with Gasteiger partial charge < -0.3 is 4.74 Å². The standard InChI is InChI=1S/C13H19BrN2OSi/c1-18(2,3)8-7-17-10-16-9-11-5-4-6-12(14)13(11)15-16/h4-6,9H,7-8,10H2,1-3H3/p+1. The molecule has 0 unspecified atom stereocenters. The molecule has 0 aliphatic heterocycles. The van der Waals surface area contributed by atoms with E-state index in [0.29, 0.717) is 6.73 Å². The van der Waals surface area contributed by atoms with Crippen LogP contribution in [0.3, 0.4) is 0 Å². The number of aromatic amines is 1. The zero-order valence-corrected chi connectivity index (χ0v) is 13.8. The quantitative estimate of drug-likeness (QED) is 0.508. The summed E-state index contributed by atoms with van der Waals surface area (Å²) in [6.45, 7) is 8.53. The number of rotatable bonds is 5. The summed E-state index contributed by atoms with van der Waals surface area (Å²) in [6, 6.07) is 7.37. The van der Waals surface area contributed by atoms with Crippen molar-refractivity contribution in [1.29, 1.82) is 0 Å². The van der Waals surface area contributed by atoms with Crippen molar-refractivity contribution in [3.05, 3.63) is 28.9 Å². The number of hydrogen-bond acceptors (Lipinski definition) is 1. The van der Waals surface area contributed by atoms with E-state index < -0.39 is 8.07 Å². The van der Waals surface area contributed by atoms with Gasteiger partial charge in [-0.05, 0) is 34.1 Å². The highest BCUT2D eigenvalue weighted by atomic mass is 79.9. The Kier molecular flexibility index (Phi) is 4.24. The van der Waals surface area contributed by atoms with Crippen LogP contribution in [0.25, 0.3) is 10.9 Å². The number of halogens is 1. The van der Waals surface area contributed by atoms with Gasteiger partial charge in [0.1, 0.15) is 5.52 Å². The highest BCUT2D eigenvalue weighted by Crippen LogP contribution is 2.19. The Morgan fingerprint density at radius 1 is 1.33 bits per heavy atom. The third-order valence-corrected chi connectivity index (χ3v) is 5.19. The van der Waals surface area contributed by atoms with Crippen LogP contribution in [0.2, 0.25) is 25.7 Å². The number of nitrogens with one attached hydrogen (secondary N) is 1. The molecule has 1 heterocycles. The van der Waals surface area contributed by atoms with E-state index in [1.807, 2.05) is 16.8 Å². The van der Waals surface area contributed by atoms with Gasteiger partial charge in [-0.3, -0.25) is 0 Å². The molecule has 98 valence electrons. The second-order valence-corrected chi connectivity index (χ2v) is 12.2. The van der Waals surface area contributed by atoms with E-state index in [4.69, 9.17) is 4.74 Å². The van der Waals surface area contributed by atoms with E-state index in [0.717, 1.165) is 16.6 Å². The lowest BCUT2D eigenvalue weighted by atomic mass is 10.3. The first-order valence-electron chi connectivity index (χ1n) is 6.20. The maximum Gasteiger partial charge on any atom is 0.276 e. The Morgan fingerprint density at radius 2 is 2.11 bits per heavy atom. The number of fused-ring (bicyclic) bond motifs is 1. The fourth-order valence-corrected chi connectivity index (χ4v) is 2.95. The van der Waals surface area contributed by atoms with Crippen molar-refractivity contribution in [2.45, 2.75) is 32.4 Å². The second-order valence-electron chi connectivity index (χ2n) is 5.76. The molecule has 1 aromatic heterocycles. The van der Waals surface area contributed by atoms with Gasteiger partial charge in [0, 0.05) is 12.5 Å². The molecule has 0 saturated carbocycles. The van der Waals surface area contributed by atoms with Crippen molar-refractivity contribution < 1.29 is 9.42 Å². The molecule has 0 saturated heterocycles. The maximum atomic E-state index is 5.72. The number of nitrogens with zero attached hydrogens (tertiary/aromatic N) is 1. The molecular weight excluding hydrogens is 308 g/mol. The summed E-state index contributed by atoms with van der Waals surface area (Å²) in [5, 5.41) is 4.51. The summed E-state index contributed by atoms with van der Waals surface area (Å²) in [7, 11) is -0.988. The van der Waals surface area contributed by atoms with Gasteiger partial charge in [0.25, 0.3) is 6.73 Å².